The molecule has 0 atom stereocenters. The Balaban J connectivity index is 1.78. The first-order valence-electron chi connectivity index (χ1n) is 7.68. The quantitative estimate of drug-likeness (QED) is 0.880. The molecule has 0 unspecified atom stereocenters. The van der Waals surface area contributed by atoms with E-state index in [0.717, 1.165) is 34.7 Å². The van der Waals surface area contributed by atoms with Crippen LogP contribution in [0.5, 0.6) is 0 Å². The fourth-order valence-electron chi connectivity index (χ4n) is 3.23. The van der Waals surface area contributed by atoms with Crippen molar-refractivity contribution in [1.82, 2.24) is 9.88 Å². The molecule has 1 aromatic carbocycles. The Bertz CT molecular complexity index is 617. The van der Waals surface area contributed by atoms with Gasteiger partial charge in [-0.15, -0.1) is 0 Å². The monoisotopic (exact) mass is 284 g/mol. The smallest absolute Gasteiger partial charge is 0.0724 e. The summed E-state index contributed by atoms with van der Waals surface area (Å²) in [4.78, 5) is 9.08. The highest BCUT2D eigenvalue weighted by molar-refractivity contribution is 5.97. The fourth-order valence-corrected chi connectivity index (χ4v) is 3.23. The third-order valence-electron chi connectivity index (χ3n) is 4.59. The van der Waals surface area contributed by atoms with Gasteiger partial charge in [0, 0.05) is 25.2 Å². The summed E-state index contributed by atoms with van der Waals surface area (Å²) in [7, 11) is 4.35. The molecule has 21 heavy (non-hydrogen) atoms. The SMILES string of the molecule is CN1CCC(CN(C)c2ccc3ncccc3c2N)CC1. The van der Waals surface area contributed by atoms with Gasteiger partial charge in [-0.05, 0) is 63.2 Å². The third-order valence-corrected chi connectivity index (χ3v) is 4.59. The van der Waals surface area contributed by atoms with E-state index in [2.05, 4.69) is 41.0 Å². The minimum absolute atomic E-state index is 0.759. The summed E-state index contributed by atoms with van der Waals surface area (Å²) in [6.45, 7) is 3.48. The van der Waals surface area contributed by atoms with Crippen molar-refractivity contribution >= 4 is 22.3 Å². The van der Waals surface area contributed by atoms with Crippen molar-refractivity contribution < 1.29 is 0 Å². The first kappa shape index (κ1) is 14.1. The van der Waals surface area contributed by atoms with Crippen LogP contribution in [0.2, 0.25) is 0 Å². The lowest BCUT2D eigenvalue weighted by Crippen LogP contribution is -2.35. The Hall–Kier alpha value is -1.81. The fraction of sp³-hybridized carbons (Fsp3) is 0.471. The molecule has 0 saturated carbocycles. The van der Waals surface area contributed by atoms with E-state index in [4.69, 9.17) is 5.73 Å². The van der Waals surface area contributed by atoms with Crippen LogP contribution < -0.4 is 10.6 Å². The number of piperidine rings is 1. The Morgan fingerprint density at radius 3 is 2.81 bits per heavy atom. The number of nitrogens with zero attached hydrogens (tertiary/aromatic N) is 3. The van der Waals surface area contributed by atoms with Gasteiger partial charge < -0.3 is 15.5 Å². The lowest BCUT2D eigenvalue weighted by atomic mass is 9.96. The van der Waals surface area contributed by atoms with E-state index >= 15 is 0 Å². The summed E-state index contributed by atoms with van der Waals surface area (Å²) in [5.41, 5.74) is 9.28. The average molecular weight is 284 g/mol. The highest BCUT2D eigenvalue weighted by Gasteiger charge is 2.19. The second-order valence-electron chi connectivity index (χ2n) is 6.20. The summed E-state index contributed by atoms with van der Waals surface area (Å²) in [5.74, 6) is 0.759. The first-order chi connectivity index (χ1) is 10.1. The van der Waals surface area contributed by atoms with Gasteiger partial charge in [0.2, 0.25) is 0 Å². The third kappa shape index (κ3) is 2.95. The molecule has 4 nitrogen and oxygen atoms in total. The normalized spacial score (nSPS) is 17.2. The van der Waals surface area contributed by atoms with E-state index in [1.807, 2.05) is 18.3 Å². The molecule has 3 rings (SSSR count). The highest BCUT2D eigenvalue weighted by atomic mass is 15.1. The van der Waals surface area contributed by atoms with Crippen molar-refractivity contribution in [3.8, 4) is 0 Å². The van der Waals surface area contributed by atoms with Crippen LogP contribution in [0.15, 0.2) is 30.5 Å². The van der Waals surface area contributed by atoms with Crippen molar-refractivity contribution in [1.29, 1.82) is 0 Å². The van der Waals surface area contributed by atoms with Crippen LogP contribution in [-0.2, 0) is 0 Å². The molecule has 4 heteroatoms. The number of likely N-dealkylation sites (tertiary alicyclic amines) is 1. The average Bonchev–Trinajstić information content (AvgIpc) is 2.50. The van der Waals surface area contributed by atoms with Crippen LogP contribution >= 0.6 is 0 Å². The summed E-state index contributed by atoms with van der Waals surface area (Å²) in [5, 5.41) is 1.05. The van der Waals surface area contributed by atoms with Crippen molar-refractivity contribution in [3.63, 3.8) is 0 Å². The molecule has 0 aliphatic carbocycles. The number of hydrogen-bond donors (Lipinski definition) is 1. The minimum Gasteiger partial charge on any atom is -0.396 e. The summed E-state index contributed by atoms with van der Waals surface area (Å²) in [6, 6.07) is 8.15. The van der Waals surface area contributed by atoms with Gasteiger partial charge in [-0.25, -0.2) is 0 Å². The van der Waals surface area contributed by atoms with Crippen molar-refractivity contribution in [2.24, 2.45) is 5.92 Å². The number of anilines is 2. The predicted octanol–water partition coefficient (Wildman–Crippen LogP) is 2.60. The number of nitrogens with two attached hydrogens (primary N) is 1. The molecule has 1 aromatic heterocycles. The zero-order valence-corrected chi connectivity index (χ0v) is 12.9. The second-order valence-corrected chi connectivity index (χ2v) is 6.20. The molecule has 1 aliphatic rings. The van der Waals surface area contributed by atoms with Gasteiger partial charge in [0.25, 0.3) is 0 Å². The molecule has 2 N–H and O–H groups in total. The van der Waals surface area contributed by atoms with E-state index in [0.29, 0.717) is 0 Å². The van der Waals surface area contributed by atoms with Crippen LogP contribution in [0.3, 0.4) is 0 Å². The summed E-state index contributed by atoms with van der Waals surface area (Å²) < 4.78 is 0. The number of benzene rings is 1. The number of rotatable bonds is 3. The van der Waals surface area contributed by atoms with Gasteiger partial charge in [0.05, 0.1) is 16.9 Å². The van der Waals surface area contributed by atoms with Crippen LogP contribution in [0.4, 0.5) is 11.4 Å². The molecular formula is C17H24N4. The Kier molecular flexibility index (Phi) is 3.97. The van der Waals surface area contributed by atoms with Gasteiger partial charge in [-0.1, -0.05) is 0 Å². The van der Waals surface area contributed by atoms with E-state index in [1.54, 1.807) is 0 Å². The Morgan fingerprint density at radius 1 is 1.29 bits per heavy atom. The number of fused-ring (bicyclic) bond motifs is 1. The molecule has 1 fully saturated rings. The highest BCUT2D eigenvalue weighted by Crippen LogP contribution is 2.31. The summed E-state index contributed by atoms with van der Waals surface area (Å²) in [6.07, 6.45) is 4.36. The van der Waals surface area contributed by atoms with Gasteiger partial charge >= 0.3 is 0 Å². The minimum atomic E-state index is 0.759. The topological polar surface area (TPSA) is 45.4 Å². The van der Waals surface area contributed by atoms with E-state index in [9.17, 15) is 0 Å². The van der Waals surface area contributed by atoms with Crippen molar-refractivity contribution in [3.05, 3.63) is 30.5 Å². The predicted molar refractivity (Wildman–Crippen MR) is 89.6 cm³/mol. The number of aromatic nitrogens is 1. The van der Waals surface area contributed by atoms with Crippen LogP contribution in [0.25, 0.3) is 10.9 Å². The Morgan fingerprint density at radius 2 is 2.05 bits per heavy atom. The second kappa shape index (κ2) is 5.90. The zero-order chi connectivity index (χ0) is 14.8. The van der Waals surface area contributed by atoms with Crippen LogP contribution in [-0.4, -0.2) is 43.6 Å². The summed E-state index contributed by atoms with van der Waals surface area (Å²) >= 11 is 0. The number of nitrogen functional groups attached to an aromatic ring is 1. The molecule has 0 bridgehead atoms. The van der Waals surface area contributed by atoms with Gasteiger partial charge in [-0.2, -0.15) is 0 Å². The first-order valence-corrected chi connectivity index (χ1v) is 7.68. The Labute approximate surface area is 126 Å². The maximum atomic E-state index is 6.36. The van der Waals surface area contributed by atoms with Crippen LogP contribution in [0.1, 0.15) is 12.8 Å². The molecule has 0 amide bonds. The lowest BCUT2D eigenvalue weighted by molar-refractivity contribution is 0.222. The molecule has 0 spiro atoms. The standard InChI is InChI=1S/C17H24N4/c1-20-10-7-13(8-11-20)12-21(2)16-6-5-15-14(17(16)18)4-3-9-19-15/h3-6,9,13H,7-8,10-12,18H2,1-2H3. The maximum Gasteiger partial charge on any atom is 0.0724 e. The molecule has 1 saturated heterocycles. The number of hydrogen-bond acceptors (Lipinski definition) is 4. The van der Waals surface area contributed by atoms with Gasteiger partial charge in [-0.3, -0.25) is 4.98 Å². The lowest BCUT2D eigenvalue weighted by Gasteiger charge is -2.33. The maximum absolute atomic E-state index is 6.36. The van der Waals surface area contributed by atoms with Crippen molar-refractivity contribution in [2.45, 2.75) is 12.8 Å². The van der Waals surface area contributed by atoms with E-state index in [-0.39, 0.29) is 0 Å². The molecule has 2 heterocycles. The molecular weight excluding hydrogens is 260 g/mol. The van der Waals surface area contributed by atoms with Crippen LogP contribution in [0, 0.1) is 5.92 Å². The number of pyridine rings is 1. The van der Waals surface area contributed by atoms with E-state index < -0.39 is 0 Å². The van der Waals surface area contributed by atoms with Gasteiger partial charge in [0.1, 0.15) is 0 Å². The molecule has 112 valence electrons. The molecule has 2 aromatic rings. The largest absolute Gasteiger partial charge is 0.396 e. The molecule has 1 aliphatic heterocycles. The van der Waals surface area contributed by atoms with Crippen molar-refractivity contribution in [2.75, 3.05) is 44.4 Å². The van der Waals surface area contributed by atoms with E-state index in [1.165, 1.54) is 25.9 Å². The van der Waals surface area contributed by atoms with Gasteiger partial charge in [0.15, 0.2) is 0 Å². The zero-order valence-electron chi connectivity index (χ0n) is 12.9. The molecule has 0 radical (unpaired) electrons.